The number of aromatic nitrogens is 1. The van der Waals surface area contributed by atoms with Crippen LogP contribution in [0.25, 0.3) is 41.3 Å². The summed E-state index contributed by atoms with van der Waals surface area (Å²) in [7, 11) is 0. The second kappa shape index (κ2) is 11.2. The van der Waals surface area contributed by atoms with Crippen LogP contribution in [0.15, 0.2) is 40.3 Å². The Kier molecular flexibility index (Phi) is 7.08. The molecule has 0 saturated heterocycles. The van der Waals surface area contributed by atoms with Crippen LogP contribution in [-0.4, -0.2) is 4.98 Å². The standard InChI is InChI=1S/C32H18N6OS6/c33-12-16(13-34)10-18-4-6-20(40-18)28-37-30-25(43-28)22-24(42-30)26-23(39-32(22)8-2-1-3-9-32)27-31(44-26)38-29(45-27)21-7-5-19(41-21)11-17(14-35)15-36/h4-7,10-11,29,38H,1-3,8-9H2. The summed E-state index contributed by atoms with van der Waals surface area (Å²) in [5, 5.41) is 42.4. The van der Waals surface area contributed by atoms with Crippen LogP contribution in [0, 0.1) is 45.3 Å². The molecule has 1 N–H and O–H groups in total. The summed E-state index contributed by atoms with van der Waals surface area (Å²) in [5.74, 6) is 0.993. The van der Waals surface area contributed by atoms with E-state index >= 15 is 0 Å². The van der Waals surface area contributed by atoms with E-state index in [1.165, 1.54) is 26.4 Å². The Hall–Kier alpha value is -3.92. The molecular weight excluding hydrogens is 677 g/mol. The second-order valence-corrected chi connectivity index (χ2v) is 17.1. The third-order valence-corrected chi connectivity index (χ3v) is 15.4. The van der Waals surface area contributed by atoms with Gasteiger partial charge in [-0.3, -0.25) is 0 Å². The maximum absolute atomic E-state index is 9.15. The highest BCUT2D eigenvalue weighted by atomic mass is 32.2. The van der Waals surface area contributed by atoms with Crippen molar-refractivity contribution in [2.45, 2.75) is 48.0 Å². The van der Waals surface area contributed by atoms with Gasteiger partial charge >= 0.3 is 0 Å². The van der Waals surface area contributed by atoms with E-state index in [1.807, 2.05) is 42.5 Å². The van der Waals surface area contributed by atoms with Gasteiger partial charge in [0.05, 0.1) is 24.2 Å². The zero-order chi connectivity index (χ0) is 30.7. The summed E-state index contributed by atoms with van der Waals surface area (Å²) >= 11 is 10.1. The van der Waals surface area contributed by atoms with Gasteiger partial charge in [-0.25, -0.2) is 4.98 Å². The van der Waals surface area contributed by atoms with Crippen molar-refractivity contribution in [3.05, 3.63) is 55.6 Å². The monoisotopic (exact) mass is 694 g/mol. The normalized spacial score (nSPS) is 17.0. The lowest BCUT2D eigenvalue weighted by Crippen LogP contribution is -2.37. The van der Waals surface area contributed by atoms with Crippen molar-refractivity contribution in [2.75, 3.05) is 5.32 Å². The maximum atomic E-state index is 9.15. The van der Waals surface area contributed by atoms with Gasteiger partial charge in [-0.1, -0.05) is 18.2 Å². The number of ether oxygens (including phenoxy) is 1. The predicted molar refractivity (Wildman–Crippen MR) is 184 cm³/mol. The number of nitriles is 4. The first-order valence-electron chi connectivity index (χ1n) is 14.0. The van der Waals surface area contributed by atoms with Gasteiger partial charge in [0.2, 0.25) is 0 Å². The number of nitrogens with zero attached hydrogens (tertiary/aromatic N) is 5. The molecule has 1 aliphatic carbocycles. The fourth-order valence-electron chi connectivity index (χ4n) is 6.02. The Morgan fingerprint density at radius 3 is 2.29 bits per heavy atom. The molecule has 8 rings (SSSR count). The molecule has 3 aliphatic rings. The van der Waals surface area contributed by atoms with Crippen molar-refractivity contribution in [3.8, 4) is 49.7 Å². The first-order chi connectivity index (χ1) is 22.0. The molecule has 7 nitrogen and oxygen atoms in total. The molecule has 7 heterocycles. The Labute approximate surface area is 282 Å². The summed E-state index contributed by atoms with van der Waals surface area (Å²) in [6.07, 6.45) is 8.67. The summed E-state index contributed by atoms with van der Waals surface area (Å²) in [4.78, 5) is 13.7. The Bertz CT molecular complexity index is 2230. The van der Waals surface area contributed by atoms with Gasteiger partial charge < -0.3 is 10.1 Å². The Morgan fingerprint density at radius 1 is 0.844 bits per heavy atom. The number of thiazole rings is 1. The number of hydrogen-bond donors (Lipinski definition) is 1. The van der Waals surface area contributed by atoms with E-state index < -0.39 is 0 Å². The first kappa shape index (κ1) is 28.5. The molecule has 13 heteroatoms. The number of allylic oxidation sites excluding steroid dienone is 2. The van der Waals surface area contributed by atoms with E-state index in [0.29, 0.717) is 0 Å². The van der Waals surface area contributed by atoms with E-state index in [1.54, 1.807) is 80.6 Å². The lowest BCUT2D eigenvalue weighted by atomic mass is 9.78. The third kappa shape index (κ3) is 4.71. The number of hydrogen-bond acceptors (Lipinski definition) is 13. The van der Waals surface area contributed by atoms with Crippen LogP contribution < -0.4 is 10.1 Å². The van der Waals surface area contributed by atoms with Gasteiger partial charge in [0.1, 0.15) is 61.2 Å². The highest BCUT2D eigenvalue weighted by molar-refractivity contribution is 8.00. The largest absolute Gasteiger partial charge is 0.480 e. The predicted octanol–water partition coefficient (Wildman–Crippen LogP) is 10.5. The molecule has 0 aromatic carbocycles. The number of nitrogens with one attached hydrogen (secondary N) is 1. The van der Waals surface area contributed by atoms with E-state index in [4.69, 9.17) is 30.8 Å². The highest BCUT2D eigenvalue weighted by Crippen LogP contribution is 2.66. The molecule has 2 aliphatic heterocycles. The number of thioether (sulfide) groups is 1. The Morgan fingerprint density at radius 2 is 1.56 bits per heavy atom. The summed E-state index contributed by atoms with van der Waals surface area (Å²) in [6, 6.07) is 15.7. The van der Waals surface area contributed by atoms with Crippen molar-refractivity contribution < 1.29 is 4.74 Å². The van der Waals surface area contributed by atoms with E-state index in [0.717, 1.165) is 70.7 Å². The summed E-state index contributed by atoms with van der Waals surface area (Å²) in [5.41, 5.74) is 1.12. The van der Waals surface area contributed by atoms with Crippen LogP contribution in [0.2, 0.25) is 0 Å². The average molecular weight is 695 g/mol. The molecule has 218 valence electrons. The zero-order valence-electron chi connectivity index (χ0n) is 23.2. The van der Waals surface area contributed by atoms with Crippen molar-refractivity contribution in [1.82, 2.24) is 4.98 Å². The summed E-state index contributed by atoms with van der Waals surface area (Å²) < 4.78 is 8.39. The second-order valence-electron chi connectivity index (χ2n) is 10.7. The van der Waals surface area contributed by atoms with Crippen molar-refractivity contribution in [3.63, 3.8) is 0 Å². The molecule has 1 unspecified atom stereocenters. The quantitative estimate of drug-likeness (QED) is 0.184. The van der Waals surface area contributed by atoms with E-state index in [9.17, 15) is 0 Å². The van der Waals surface area contributed by atoms with E-state index in [2.05, 4.69) is 11.4 Å². The molecule has 0 radical (unpaired) electrons. The lowest BCUT2D eigenvalue weighted by Gasteiger charge is -2.41. The lowest BCUT2D eigenvalue weighted by molar-refractivity contribution is 0.0241. The molecule has 5 aromatic heterocycles. The molecule has 1 saturated carbocycles. The molecule has 45 heavy (non-hydrogen) atoms. The molecule has 1 atom stereocenters. The number of anilines is 1. The smallest absolute Gasteiger partial charge is 0.155 e. The molecule has 0 bridgehead atoms. The third-order valence-electron chi connectivity index (χ3n) is 7.99. The fourth-order valence-corrected chi connectivity index (χ4v) is 13.5. The molecule has 1 spiro atoms. The van der Waals surface area contributed by atoms with Gasteiger partial charge in [-0.2, -0.15) is 21.0 Å². The number of thiophene rings is 4. The molecule has 0 amide bonds. The molecule has 5 aromatic rings. The van der Waals surface area contributed by atoms with E-state index in [-0.39, 0.29) is 22.1 Å². The minimum Gasteiger partial charge on any atom is -0.480 e. The zero-order valence-corrected chi connectivity index (χ0v) is 28.1. The highest BCUT2D eigenvalue weighted by Gasteiger charge is 2.48. The maximum Gasteiger partial charge on any atom is 0.155 e. The molecule has 1 fully saturated rings. The Balaban J connectivity index is 1.16. The van der Waals surface area contributed by atoms with Crippen molar-refractivity contribution >= 4 is 95.1 Å². The number of fused-ring (bicyclic) bond motifs is 8. The minimum absolute atomic E-state index is 0.0441. The first-order valence-corrected chi connectivity index (χ1v) is 19.0. The van der Waals surface area contributed by atoms with Crippen LogP contribution in [0.3, 0.4) is 0 Å². The van der Waals surface area contributed by atoms with Gasteiger partial charge in [0.25, 0.3) is 0 Å². The van der Waals surface area contributed by atoms with Crippen molar-refractivity contribution in [2.24, 2.45) is 0 Å². The minimum atomic E-state index is -0.375. The van der Waals surface area contributed by atoms with Crippen LogP contribution in [0.4, 0.5) is 5.00 Å². The topological polar surface area (TPSA) is 129 Å². The van der Waals surface area contributed by atoms with Gasteiger partial charge in [0, 0.05) is 20.2 Å². The summed E-state index contributed by atoms with van der Waals surface area (Å²) in [6.45, 7) is 0. The van der Waals surface area contributed by atoms with Crippen molar-refractivity contribution in [1.29, 1.82) is 21.0 Å². The van der Waals surface area contributed by atoms with Crippen LogP contribution in [0.5, 0.6) is 5.75 Å². The van der Waals surface area contributed by atoms with Gasteiger partial charge in [-0.15, -0.1) is 56.7 Å². The van der Waals surface area contributed by atoms with Crippen LogP contribution in [0.1, 0.15) is 57.7 Å². The van der Waals surface area contributed by atoms with Gasteiger partial charge in [-0.05, 0) is 62.1 Å². The molecular formula is C32H18N6OS6. The van der Waals surface area contributed by atoms with Gasteiger partial charge in [0.15, 0.2) is 5.75 Å². The van der Waals surface area contributed by atoms with Crippen LogP contribution >= 0.6 is 68.4 Å². The average Bonchev–Trinajstić information content (AvgIpc) is 3.89. The fraction of sp³-hybridized carbons (Fsp3) is 0.219. The number of rotatable bonds is 4. The van der Waals surface area contributed by atoms with Crippen LogP contribution in [-0.2, 0) is 5.60 Å². The SMILES string of the molecule is N#CC(C#N)=Cc1ccc(-c2nc3sc4c(c3s2)C2(CCCCC2)Oc2c-4sc3c2SC(c2ccc(C=C(C#N)C#N)s2)N3)s1.